The van der Waals surface area contributed by atoms with Gasteiger partial charge in [0.25, 0.3) is 0 Å². The molecule has 5 heteroatoms. The van der Waals surface area contributed by atoms with Gasteiger partial charge in [-0.3, -0.25) is 0 Å². The normalized spacial score (nSPS) is 17.3. The third-order valence-corrected chi connectivity index (χ3v) is 4.18. The summed E-state index contributed by atoms with van der Waals surface area (Å²) in [6.45, 7) is 9.37. The number of benzene rings is 1. The topological polar surface area (TPSA) is 57.7 Å². The van der Waals surface area contributed by atoms with E-state index in [1.807, 2.05) is 23.1 Å². The fourth-order valence-corrected chi connectivity index (χ4v) is 2.68. The monoisotopic (exact) mass is 325 g/mol. The van der Waals surface area contributed by atoms with E-state index >= 15 is 0 Å². The second-order valence-electron chi connectivity index (χ2n) is 6.65. The van der Waals surface area contributed by atoms with Gasteiger partial charge in [-0.05, 0) is 49.1 Å². The zero-order valence-corrected chi connectivity index (χ0v) is 14.5. The van der Waals surface area contributed by atoms with Crippen molar-refractivity contribution < 1.29 is 9.94 Å². The van der Waals surface area contributed by atoms with Crippen LogP contribution in [0.1, 0.15) is 43.4 Å². The molecular weight excluding hydrogens is 302 g/mol. The van der Waals surface area contributed by atoms with Crippen molar-refractivity contribution in [2.45, 2.75) is 39.7 Å². The van der Waals surface area contributed by atoms with E-state index in [0.717, 1.165) is 23.4 Å². The Labute approximate surface area is 142 Å². The zero-order chi connectivity index (χ0) is 17.3. The van der Waals surface area contributed by atoms with E-state index in [1.165, 1.54) is 5.56 Å². The molecule has 0 aliphatic carbocycles. The van der Waals surface area contributed by atoms with Crippen LogP contribution in [0.3, 0.4) is 0 Å². The third kappa shape index (κ3) is 3.50. The van der Waals surface area contributed by atoms with E-state index in [2.05, 4.69) is 43.9 Å². The lowest BCUT2D eigenvalue weighted by molar-refractivity contribution is 0.313. The van der Waals surface area contributed by atoms with Crippen molar-refractivity contribution in [1.82, 2.24) is 9.88 Å². The molecule has 1 N–H and O–H groups in total. The van der Waals surface area contributed by atoms with Crippen LogP contribution in [-0.4, -0.2) is 33.5 Å². The molecule has 1 fully saturated rings. The van der Waals surface area contributed by atoms with E-state index < -0.39 is 0 Å². The molecule has 0 spiro atoms. The molecule has 2 aromatic rings. The summed E-state index contributed by atoms with van der Waals surface area (Å²) in [7, 11) is 0. The van der Waals surface area contributed by atoms with Crippen LogP contribution in [0.2, 0.25) is 0 Å². The molecular formula is C19H23N3O2. The number of oxime groups is 1. The number of pyridine rings is 1. The molecule has 1 aromatic carbocycles. The lowest BCUT2D eigenvalue weighted by Crippen LogP contribution is -2.14. The van der Waals surface area contributed by atoms with Crippen LogP contribution in [0.25, 0.3) is 0 Å². The molecule has 1 aliphatic rings. The molecule has 5 nitrogen and oxygen atoms in total. The number of ether oxygens (including phenoxy) is 1. The van der Waals surface area contributed by atoms with Crippen LogP contribution in [0, 0.1) is 6.92 Å². The molecule has 1 aliphatic heterocycles. The first-order valence-electron chi connectivity index (χ1n) is 8.22. The number of hydrogen-bond acceptors (Lipinski definition) is 4. The van der Waals surface area contributed by atoms with Crippen LogP contribution in [0.15, 0.2) is 41.7 Å². The van der Waals surface area contributed by atoms with Gasteiger partial charge in [-0.15, -0.1) is 0 Å². The highest BCUT2D eigenvalue weighted by Crippen LogP contribution is 2.27. The lowest BCUT2D eigenvalue weighted by atomic mass is 10.0. The van der Waals surface area contributed by atoms with E-state index in [-0.39, 0.29) is 0 Å². The van der Waals surface area contributed by atoms with Gasteiger partial charge >= 0.3 is 0 Å². The first-order chi connectivity index (χ1) is 11.5. The van der Waals surface area contributed by atoms with E-state index in [1.54, 1.807) is 12.3 Å². The predicted molar refractivity (Wildman–Crippen MR) is 94.1 cm³/mol. The molecule has 2 heterocycles. The van der Waals surface area contributed by atoms with E-state index in [4.69, 9.17) is 4.74 Å². The van der Waals surface area contributed by atoms with Gasteiger partial charge in [0.2, 0.25) is 5.88 Å². The quantitative estimate of drug-likeness (QED) is 0.302. The summed E-state index contributed by atoms with van der Waals surface area (Å²) >= 11 is 0. The minimum atomic E-state index is 0.411. The third-order valence-electron chi connectivity index (χ3n) is 4.18. The number of nitrogens with zero attached hydrogens (tertiary/aromatic N) is 3. The molecule has 0 radical (unpaired) electrons. The first kappa shape index (κ1) is 16.3. The standard InChI is InChI=1S/C19H23N3O2/c1-12(2)16-7-13(3)8-17(9-16)24-18-6-5-15(10-20-18)19(21-23)22-11-14(22)4/h5-10,12,14,23H,11H2,1-4H3/b21-19-. The molecule has 0 saturated carbocycles. The summed E-state index contributed by atoms with van der Waals surface area (Å²) < 4.78 is 5.89. The van der Waals surface area contributed by atoms with Gasteiger partial charge in [0.15, 0.2) is 5.84 Å². The minimum Gasteiger partial charge on any atom is -0.439 e. The minimum absolute atomic E-state index is 0.411. The maximum atomic E-state index is 9.21. The molecule has 3 rings (SSSR count). The highest BCUT2D eigenvalue weighted by molar-refractivity contribution is 5.99. The summed E-state index contributed by atoms with van der Waals surface area (Å²) in [6.07, 6.45) is 1.68. The van der Waals surface area contributed by atoms with Gasteiger partial charge < -0.3 is 14.8 Å². The molecule has 1 unspecified atom stereocenters. The Morgan fingerprint density at radius 1 is 1.33 bits per heavy atom. The van der Waals surface area contributed by atoms with Crippen molar-refractivity contribution >= 4 is 5.84 Å². The second kappa shape index (κ2) is 6.51. The Hall–Kier alpha value is -2.56. The van der Waals surface area contributed by atoms with Crippen molar-refractivity contribution in [2.75, 3.05) is 6.54 Å². The Morgan fingerprint density at radius 3 is 2.62 bits per heavy atom. The number of aromatic nitrogens is 1. The second-order valence-corrected chi connectivity index (χ2v) is 6.65. The summed E-state index contributed by atoms with van der Waals surface area (Å²) in [5.74, 6) is 2.31. The molecule has 24 heavy (non-hydrogen) atoms. The highest BCUT2D eigenvalue weighted by Gasteiger charge is 2.33. The van der Waals surface area contributed by atoms with Gasteiger partial charge in [0, 0.05) is 30.4 Å². The van der Waals surface area contributed by atoms with E-state index in [0.29, 0.717) is 23.7 Å². The maximum Gasteiger partial charge on any atom is 0.219 e. The van der Waals surface area contributed by atoms with Gasteiger partial charge in [-0.2, -0.15) is 0 Å². The van der Waals surface area contributed by atoms with E-state index in [9.17, 15) is 5.21 Å². The number of amidine groups is 1. The first-order valence-corrected chi connectivity index (χ1v) is 8.22. The molecule has 0 amide bonds. The number of hydrogen-bond donors (Lipinski definition) is 1. The highest BCUT2D eigenvalue weighted by atomic mass is 16.5. The smallest absolute Gasteiger partial charge is 0.219 e. The molecule has 126 valence electrons. The van der Waals surface area contributed by atoms with Crippen molar-refractivity contribution in [3.8, 4) is 11.6 Å². The summed E-state index contributed by atoms with van der Waals surface area (Å²) in [6, 6.07) is 10.3. The molecule has 1 saturated heterocycles. The van der Waals surface area contributed by atoms with Crippen molar-refractivity contribution in [2.24, 2.45) is 5.16 Å². The summed E-state index contributed by atoms with van der Waals surface area (Å²) in [5.41, 5.74) is 3.19. The Bertz CT molecular complexity index is 754. The number of aryl methyl sites for hydroxylation is 1. The van der Waals surface area contributed by atoms with Gasteiger partial charge in [-0.25, -0.2) is 4.98 Å². The van der Waals surface area contributed by atoms with Gasteiger partial charge in [0.1, 0.15) is 5.75 Å². The average Bonchev–Trinajstić information content (AvgIpc) is 3.25. The Balaban J connectivity index is 1.77. The fraction of sp³-hybridized carbons (Fsp3) is 0.368. The van der Waals surface area contributed by atoms with Crippen molar-refractivity contribution in [3.63, 3.8) is 0 Å². The van der Waals surface area contributed by atoms with Crippen LogP contribution in [0.4, 0.5) is 0 Å². The molecule has 1 aromatic heterocycles. The van der Waals surface area contributed by atoms with Crippen LogP contribution in [-0.2, 0) is 0 Å². The molecule has 0 bridgehead atoms. The molecule has 1 atom stereocenters. The fourth-order valence-electron chi connectivity index (χ4n) is 2.68. The predicted octanol–water partition coefficient (Wildman–Crippen LogP) is 4.15. The number of rotatable bonds is 4. The van der Waals surface area contributed by atoms with Gasteiger partial charge in [-0.1, -0.05) is 25.1 Å². The zero-order valence-electron chi connectivity index (χ0n) is 14.5. The maximum absolute atomic E-state index is 9.21. The summed E-state index contributed by atoms with van der Waals surface area (Å²) in [5, 5.41) is 12.6. The lowest BCUT2D eigenvalue weighted by Gasteiger charge is -2.11. The Morgan fingerprint density at radius 2 is 2.08 bits per heavy atom. The van der Waals surface area contributed by atoms with Crippen molar-refractivity contribution in [1.29, 1.82) is 0 Å². The average molecular weight is 325 g/mol. The van der Waals surface area contributed by atoms with Crippen LogP contribution < -0.4 is 4.74 Å². The van der Waals surface area contributed by atoms with Crippen LogP contribution in [0.5, 0.6) is 11.6 Å². The SMILES string of the molecule is Cc1cc(Oc2ccc(/C(=N/O)N3CC3C)cn2)cc(C(C)C)c1. The summed E-state index contributed by atoms with van der Waals surface area (Å²) in [4.78, 5) is 6.35. The van der Waals surface area contributed by atoms with Gasteiger partial charge in [0.05, 0.1) is 0 Å². The van der Waals surface area contributed by atoms with Crippen LogP contribution >= 0.6 is 0 Å². The Kier molecular flexibility index (Phi) is 4.42. The van der Waals surface area contributed by atoms with Crippen molar-refractivity contribution in [3.05, 3.63) is 53.2 Å². The largest absolute Gasteiger partial charge is 0.439 e.